The Morgan fingerprint density at radius 1 is 1.00 bits per heavy atom. The van der Waals surface area contributed by atoms with Crippen molar-refractivity contribution in [2.45, 2.75) is 13.3 Å². The van der Waals surface area contributed by atoms with Gasteiger partial charge in [0.25, 0.3) is 0 Å². The number of nitrogens with zero attached hydrogens (tertiary/aromatic N) is 4. The van der Waals surface area contributed by atoms with Gasteiger partial charge in [0.15, 0.2) is 5.82 Å². The quantitative estimate of drug-likeness (QED) is 0.732. The van der Waals surface area contributed by atoms with E-state index in [1.54, 1.807) is 29.8 Å². The van der Waals surface area contributed by atoms with Crippen molar-refractivity contribution in [2.75, 3.05) is 0 Å². The van der Waals surface area contributed by atoms with Gasteiger partial charge in [-0.05, 0) is 24.6 Å². The summed E-state index contributed by atoms with van der Waals surface area (Å²) in [6, 6.07) is 7.63. The first kappa shape index (κ1) is 11.9. The van der Waals surface area contributed by atoms with Crippen molar-refractivity contribution in [1.82, 2.24) is 19.9 Å². The first-order valence-electron chi connectivity index (χ1n) is 6.06. The average molecular weight is 268 g/mol. The first-order chi connectivity index (χ1) is 9.36. The second-order valence-electron chi connectivity index (χ2n) is 3.97. The number of hydrogen-bond acceptors (Lipinski definition) is 5. The third kappa shape index (κ3) is 2.51. The fourth-order valence-corrected chi connectivity index (χ4v) is 2.52. The molecule has 4 nitrogen and oxygen atoms in total. The van der Waals surface area contributed by atoms with Gasteiger partial charge in [0.1, 0.15) is 10.7 Å². The minimum absolute atomic E-state index is 0.636. The molecule has 0 aliphatic carbocycles. The highest BCUT2D eigenvalue weighted by atomic mass is 32.1. The normalized spacial score (nSPS) is 10.6. The molecule has 0 saturated heterocycles. The van der Waals surface area contributed by atoms with Gasteiger partial charge in [-0.3, -0.25) is 0 Å². The fraction of sp³-hybridized carbons (Fsp3) is 0.143. The topological polar surface area (TPSA) is 51.6 Å². The molecular formula is C14H12N4S. The predicted octanol–water partition coefficient (Wildman–Crippen LogP) is 3.22. The van der Waals surface area contributed by atoms with Gasteiger partial charge in [-0.1, -0.05) is 13.0 Å². The Balaban J connectivity index is 2.00. The van der Waals surface area contributed by atoms with Crippen LogP contribution in [0.2, 0.25) is 0 Å². The second kappa shape index (κ2) is 5.24. The van der Waals surface area contributed by atoms with Crippen LogP contribution < -0.4 is 0 Å². The summed E-state index contributed by atoms with van der Waals surface area (Å²) in [5.74, 6) is 0.636. The Hall–Kier alpha value is -2.14. The van der Waals surface area contributed by atoms with Crippen molar-refractivity contribution >= 4 is 11.3 Å². The Morgan fingerprint density at radius 2 is 1.79 bits per heavy atom. The Bertz CT molecular complexity index is 679. The van der Waals surface area contributed by atoms with E-state index in [2.05, 4.69) is 26.9 Å². The maximum absolute atomic E-state index is 4.58. The zero-order chi connectivity index (χ0) is 13.1. The van der Waals surface area contributed by atoms with Crippen LogP contribution >= 0.6 is 11.3 Å². The molecule has 0 atom stereocenters. The molecule has 3 aromatic heterocycles. The molecule has 0 aromatic carbocycles. The number of hydrogen-bond donors (Lipinski definition) is 0. The molecule has 0 amide bonds. The average Bonchev–Trinajstić information content (AvgIpc) is 2.97. The smallest absolute Gasteiger partial charge is 0.178 e. The molecule has 0 aliphatic heterocycles. The van der Waals surface area contributed by atoms with Crippen LogP contribution in [0.3, 0.4) is 0 Å². The molecule has 0 aliphatic rings. The summed E-state index contributed by atoms with van der Waals surface area (Å²) in [5, 5.41) is 0.939. The lowest BCUT2D eigenvalue weighted by Crippen LogP contribution is -1.91. The maximum atomic E-state index is 4.58. The monoisotopic (exact) mass is 268 g/mol. The van der Waals surface area contributed by atoms with Gasteiger partial charge in [-0.25, -0.2) is 19.9 Å². The molecule has 0 fully saturated rings. The van der Waals surface area contributed by atoms with Gasteiger partial charge in [0, 0.05) is 23.5 Å². The van der Waals surface area contributed by atoms with Crippen LogP contribution in [0, 0.1) is 0 Å². The van der Waals surface area contributed by atoms with Crippen molar-refractivity contribution in [3.05, 3.63) is 47.7 Å². The summed E-state index contributed by atoms with van der Waals surface area (Å²) < 4.78 is 0. The molecule has 0 spiro atoms. The number of aryl methyl sites for hydroxylation is 1. The minimum Gasteiger partial charge on any atom is -0.243 e. The molecule has 3 rings (SSSR count). The molecule has 94 valence electrons. The van der Waals surface area contributed by atoms with Crippen LogP contribution in [-0.2, 0) is 6.42 Å². The van der Waals surface area contributed by atoms with Crippen LogP contribution in [0.25, 0.3) is 22.2 Å². The van der Waals surface area contributed by atoms with E-state index in [0.717, 1.165) is 22.8 Å². The number of aromatic nitrogens is 4. The van der Waals surface area contributed by atoms with Gasteiger partial charge >= 0.3 is 0 Å². The van der Waals surface area contributed by atoms with Crippen molar-refractivity contribution in [3.8, 4) is 22.2 Å². The number of rotatable bonds is 3. The summed E-state index contributed by atoms with van der Waals surface area (Å²) >= 11 is 1.68. The first-order valence-corrected chi connectivity index (χ1v) is 6.88. The molecule has 5 heteroatoms. The summed E-state index contributed by atoms with van der Waals surface area (Å²) in [4.78, 5) is 18.7. The van der Waals surface area contributed by atoms with Crippen molar-refractivity contribution in [3.63, 3.8) is 0 Å². The molecule has 0 bridgehead atoms. The standard InChI is InChI=1S/C14H12N4S/c1-2-10-9-17-14(19-10)12-6-3-5-11(18-12)13-15-7-4-8-16-13/h3-9H,2H2,1H3. The Kier molecular flexibility index (Phi) is 3.29. The van der Waals surface area contributed by atoms with Gasteiger partial charge < -0.3 is 0 Å². The van der Waals surface area contributed by atoms with Crippen molar-refractivity contribution in [2.24, 2.45) is 0 Å². The molecule has 0 N–H and O–H groups in total. The Morgan fingerprint density at radius 3 is 2.53 bits per heavy atom. The van der Waals surface area contributed by atoms with Gasteiger partial charge in [0.05, 0.1) is 5.69 Å². The van der Waals surface area contributed by atoms with Gasteiger partial charge in [-0.2, -0.15) is 0 Å². The third-order valence-corrected chi connectivity index (χ3v) is 3.83. The molecule has 3 heterocycles. The molecule has 0 unspecified atom stereocenters. The Labute approximate surface area is 115 Å². The highest BCUT2D eigenvalue weighted by molar-refractivity contribution is 7.14. The van der Waals surface area contributed by atoms with Crippen molar-refractivity contribution < 1.29 is 0 Å². The van der Waals surface area contributed by atoms with Crippen molar-refractivity contribution in [1.29, 1.82) is 0 Å². The second-order valence-corrected chi connectivity index (χ2v) is 5.08. The highest BCUT2D eigenvalue weighted by Crippen LogP contribution is 2.25. The van der Waals surface area contributed by atoms with E-state index in [1.807, 2.05) is 24.4 Å². The molecular weight excluding hydrogens is 256 g/mol. The van der Waals surface area contributed by atoms with Crippen LogP contribution in [0.5, 0.6) is 0 Å². The predicted molar refractivity (Wildman–Crippen MR) is 75.7 cm³/mol. The molecule has 19 heavy (non-hydrogen) atoms. The fourth-order valence-electron chi connectivity index (χ4n) is 1.70. The van der Waals surface area contributed by atoms with E-state index in [9.17, 15) is 0 Å². The number of thiazole rings is 1. The van der Waals surface area contributed by atoms with Crippen LogP contribution in [0.4, 0.5) is 0 Å². The van der Waals surface area contributed by atoms with Crippen LogP contribution in [-0.4, -0.2) is 19.9 Å². The SMILES string of the molecule is CCc1cnc(-c2cccc(-c3ncccn3)n2)s1. The van der Waals surface area contributed by atoms with Gasteiger partial charge in [0.2, 0.25) is 0 Å². The van der Waals surface area contributed by atoms with E-state index >= 15 is 0 Å². The minimum atomic E-state index is 0.636. The zero-order valence-electron chi connectivity index (χ0n) is 10.4. The highest BCUT2D eigenvalue weighted by Gasteiger charge is 2.08. The summed E-state index contributed by atoms with van der Waals surface area (Å²) in [5.41, 5.74) is 1.64. The van der Waals surface area contributed by atoms with E-state index in [4.69, 9.17) is 0 Å². The third-order valence-electron chi connectivity index (χ3n) is 2.67. The van der Waals surface area contributed by atoms with Crippen LogP contribution in [0.1, 0.15) is 11.8 Å². The van der Waals surface area contributed by atoms with E-state index in [1.165, 1.54) is 4.88 Å². The lowest BCUT2D eigenvalue weighted by molar-refractivity contribution is 1.14. The van der Waals surface area contributed by atoms with Gasteiger partial charge in [-0.15, -0.1) is 11.3 Å². The molecule has 0 radical (unpaired) electrons. The largest absolute Gasteiger partial charge is 0.243 e. The number of pyridine rings is 1. The lowest BCUT2D eigenvalue weighted by Gasteiger charge is -2.00. The van der Waals surface area contributed by atoms with E-state index in [-0.39, 0.29) is 0 Å². The van der Waals surface area contributed by atoms with E-state index < -0.39 is 0 Å². The summed E-state index contributed by atoms with van der Waals surface area (Å²) in [7, 11) is 0. The summed E-state index contributed by atoms with van der Waals surface area (Å²) in [6.45, 7) is 2.12. The lowest BCUT2D eigenvalue weighted by atomic mass is 10.3. The zero-order valence-corrected chi connectivity index (χ0v) is 11.3. The maximum Gasteiger partial charge on any atom is 0.178 e. The molecule has 3 aromatic rings. The van der Waals surface area contributed by atoms with Crippen LogP contribution in [0.15, 0.2) is 42.9 Å². The van der Waals surface area contributed by atoms with E-state index in [0.29, 0.717) is 5.82 Å². The molecule has 0 saturated carbocycles. The summed E-state index contributed by atoms with van der Waals surface area (Å²) in [6.07, 6.45) is 6.34.